The molecule has 0 saturated heterocycles. The molecule has 2 aliphatic heterocycles. The van der Waals surface area contributed by atoms with Gasteiger partial charge in [-0.15, -0.1) is 0 Å². The Bertz CT molecular complexity index is 1040. The van der Waals surface area contributed by atoms with Crippen molar-refractivity contribution in [1.82, 2.24) is 19.8 Å². The number of imidazole rings is 1. The Labute approximate surface area is 164 Å². The molecule has 1 atom stereocenters. The number of guanidine groups is 1. The zero-order valence-electron chi connectivity index (χ0n) is 16.3. The highest BCUT2D eigenvalue weighted by molar-refractivity contribution is 5.98. The van der Waals surface area contributed by atoms with Gasteiger partial charge < -0.3 is 10.1 Å². The van der Waals surface area contributed by atoms with Crippen LogP contribution in [0.1, 0.15) is 25.6 Å². The van der Waals surface area contributed by atoms with E-state index in [0.717, 1.165) is 40.9 Å². The van der Waals surface area contributed by atoms with Crippen LogP contribution >= 0.6 is 0 Å². The van der Waals surface area contributed by atoms with Gasteiger partial charge in [0.15, 0.2) is 0 Å². The molecule has 0 aliphatic carbocycles. The number of hydrogen-bond donors (Lipinski definition) is 1. The van der Waals surface area contributed by atoms with Gasteiger partial charge in [0.05, 0.1) is 31.5 Å². The summed E-state index contributed by atoms with van der Waals surface area (Å²) in [7, 11) is 1.68. The molecule has 0 saturated carbocycles. The quantitative estimate of drug-likeness (QED) is 0.762. The van der Waals surface area contributed by atoms with Gasteiger partial charge in [0.25, 0.3) is 0 Å². The highest BCUT2D eigenvalue weighted by atomic mass is 16.5. The molecule has 0 amide bonds. The van der Waals surface area contributed by atoms with Gasteiger partial charge in [0, 0.05) is 6.04 Å². The van der Waals surface area contributed by atoms with Gasteiger partial charge in [-0.25, -0.2) is 9.98 Å². The first-order valence-electron chi connectivity index (χ1n) is 9.59. The summed E-state index contributed by atoms with van der Waals surface area (Å²) in [5, 5.41) is 3.63. The Morgan fingerprint density at radius 1 is 1.11 bits per heavy atom. The molecule has 2 aromatic carbocycles. The Kier molecular flexibility index (Phi) is 3.98. The molecular weight excluding hydrogens is 352 g/mol. The largest absolute Gasteiger partial charge is 0.497 e. The summed E-state index contributed by atoms with van der Waals surface area (Å²) >= 11 is 0. The number of ether oxygens (including phenoxy) is 1. The van der Waals surface area contributed by atoms with Crippen LogP contribution in [-0.4, -0.2) is 46.9 Å². The van der Waals surface area contributed by atoms with Crippen LogP contribution < -0.4 is 15.0 Å². The molecule has 0 radical (unpaired) electrons. The number of aliphatic imine (C=N–C) groups is 1. The van der Waals surface area contributed by atoms with E-state index >= 15 is 0 Å². The molecule has 144 valence electrons. The second kappa shape index (κ2) is 6.53. The second-order valence-electron chi connectivity index (χ2n) is 7.47. The SMILES string of the molecule is COc1ccc(C2NC3=NCN(C(C)C)CN3c3nc4ccccc4n32)cc1. The van der Waals surface area contributed by atoms with E-state index in [1.54, 1.807) is 7.11 Å². The Hall–Kier alpha value is -3.06. The smallest absolute Gasteiger partial charge is 0.216 e. The van der Waals surface area contributed by atoms with Gasteiger partial charge in [-0.3, -0.25) is 14.4 Å². The Balaban J connectivity index is 1.66. The zero-order chi connectivity index (χ0) is 19.3. The molecule has 5 rings (SSSR count). The van der Waals surface area contributed by atoms with E-state index in [2.05, 4.69) is 63.9 Å². The molecule has 0 fully saturated rings. The highest BCUT2D eigenvalue weighted by Crippen LogP contribution is 2.34. The molecule has 0 spiro atoms. The van der Waals surface area contributed by atoms with E-state index in [9.17, 15) is 0 Å². The van der Waals surface area contributed by atoms with Crippen molar-refractivity contribution >= 4 is 22.9 Å². The molecule has 1 unspecified atom stereocenters. The van der Waals surface area contributed by atoms with Crippen LogP contribution in [0.3, 0.4) is 0 Å². The molecule has 7 nitrogen and oxygen atoms in total. The van der Waals surface area contributed by atoms with E-state index in [-0.39, 0.29) is 6.17 Å². The van der Waals surface area contributed by atoms with Gasteiger partial charge in [0.1, 0.15) is 11.9 Å². The van der Waals surface area contributed by atoms with Crippen molar-refractivity contribution in [3.8, 4) is 5.75 Å². The molecule has 7 heteroatoms. The standard InChI is InChI=1S/C21H24N6O/c1-14(2)25-12-22-20-24-19(15-8-10-16(28-3)11-9-15)27-18-7-5-4-6-17(18)23-21(27)26(20)13-25/h4-11,14,19H,12-13H2,1-3H3,(H,22,24). The minimum atomic E-state index is -0.0751. The summed E-state index contributed by atoms with van der Waals surface area (Å²) in [5.41, 5.74) is 3.23. The average molecular weight is 376 g/mol. The lowest BCUT2D eigenvalue weighted by Crippen LogP contribution is -2.58. The minimum Gasteiger partial charge on any atom is -0.497 e. The number of aromatic nitrogens is 2. The fourth-order valence-corrected chi connectivity index (χ4v) is 3.83. The van der Waals surface area contributed by atoms with Gasteiger partial charge in [-0.1, -0.05) is 24.3 Å². The van der Waals surface area contributed by atoms with Crippen molar-refractivity contribution in [1.29, 1.82) is 0 Å². The number of para-hydroxylation sites is 2. The third kappa shape index (κ3) is 2.62. The predicted octanol–water partition coefficient (Wildman–Crippen LogP) is 3.00. The fraction of sp³-hybridized carbons (Fsp3) is 0.333. The molecular formula is C21H24N6O. The first kappa shape index (κ1) is 17.1. The number of methoxy groups -OCH3 is 1. The maximum Gasteiger partial charge on any atom is 0.216 e. The van der Waals surface area contributed by atoms with Crippen molar-refractivity contribution in [2.75, 3.05) is 25.3 Å². The van der Waals surface area contributed by atoms with Crippen LogP contribution in [0.5, 0.6) is 5.75 Å². The molecule has 1 aromatic heterocycles. The molecule has 0 bridgehead atoms. The summed E-state index contributed by atoms with van der Waals surface area (Å²) in [6, 6.07) is 16.9. The van der Waals surface area contributed by atoms with Crippen LogP contribution in [0, 0.1) is 0 Å². The van der Waals surface area contributed by atoms with E-state index in [0.29, 0.717) is 12.7 Å². The molecule has 3 heterocycles. The topological polar surface area (TPSA) is 57.9 Å². The van der Waals surface area contributed by atoms with Gasteiger partial charge in [0.2, 0.25) is 11.9 Å². The first-order chi connectivity index (χ1) is 13.7. The summed E-state index contributed by atoms with van der Waals surface area (Å²) in [5.74, 6) is 2.64. The lowest BCUT2D eigenvalue weighted by Gasteiger charge is -2.42. The summed E-state index contributed by atoms with van der Waals surface area (Å²) in [6.07, 6.45) is -0.0751. The first-order valence-corrected chi connectivity index (χ1v) is 9.59. The number of rotatable bonds is 3. The van der Waals surface area contributed by atoms with Crippen LogP contribution in [0.25, 0.3) is 11.0 Å². The maximum atomic E-state index is 5.32. The number of anilines is 1. The van der Waals surface area contributed by atoms with Crippen LogP contribution in [0.15, 0.2) is 53.5 Å². The van der Waals surface area contributed by atoms with Crippen LogP contribution in [-0.2, 0) is 0 Å². The number of fused-ring (bicyclic) bond motifs is 5. The Morgan fingerprint density at radius 3 is 2.64 bits per heavy atom. The molecule has 3 aromatic rings. The monoisotopic (exact) mass is 376 g/mol. The number of benzene rings is 2. The lowest BCUT2D eigenvalue weighted by molar-refractivity contribution is 0.221. The summed E-state index contributed by atoms with van der Waals surface area (Å²) in [6.45, 7) is 5.84. The van der Waals surface area contributed by atoms with Gasteiger partial charge >= 0.3 is 0 Å². The van der Waals surface area contributed by atoms with Crippen LogP contribution in [0.2, 0.25) is 0 Å². The van der Waals surface area contributed by atoms with Crippen molar-refractivity contribution < 1.29 is 4.74 Å². The summed E-state index contributed by atoms with van der Waals surface area (Å²) in [4.78, 5) is 14.3. The fourth-order valence-electron chi connectivity index (χ4n) is 3.83. The lowest BCUT2D eigenvalue weighted by atomic mass is 10.1. The normalized spacial score (nSPS) is 19.2. The third-order valence-corrected chi connectivity index (χ3v) is 5.49. The number of nitrogens with one attached hydrogen (secondary N) is 1. The van der Waals surface area contributed by atoms with E-state index in [4.69, 9.17) is 14.7 Å². The number of nitrogens with zero attached hydrogens (tertiary/aromatic N) is 5. The zero-order valence-corrected chi connectivity index (χ0v) is 16.3. The molecule has 2 aliphatic rings. The molecule has 28 heavy (non-hydrogen) atoms. The van der Waals surface area contributed by atoms with Crippen molar-refractivity contribution in [2.45, 2.75) is 26.1 Å². The van der Waals surface area contributed by atoms with Crippen LogP contribution in [0.4, 0.5) is 5.95 Å². The van der Waals surface area contributed by atoms with Crippen molar-refractivity contribution in [3.05, 3.63) is 54.1 Å². The summed E-state index contributed by atoms with van der Waals surface area (Å²) < 4.78 is 7.59. The molecule has 1 N–H and O–H groups in total. The van der Waals surface area contributed by atoms with Crippen molar-refractivity contribution in [2.24, 2.45) is 4.99 Å². The third-order valence-electron chi connectivity index (χ3n) is 5.49. The predicted molar refractivity (Wildman–Crippen MR) is 111 cm³/mol. The van der Waals surface area contributed by atoms with Gasteiger partial charge in [-0.2, -0.15) is 0 Å². The van der Waals surface area contributed by atoms with Crippen molar-refractivity contribution in [3.63, 3.8) is 0 Å². The number of hydrogen-bond acceptors (Lipinski definition) is 6. The second-order valence-corrected chi connectivity index (χ2v) is 7.47. The highest BCUT2D eigenvalue weighted by Gasteiger charge is 2.36. The minimum absolute atomic E-state index is 0.0751. The van der Waals surface area contributed by atoms with E-state index < -0.39 is 0 Å². The van der Waals surface area contributed by atoms with E-state index in [1.807, 2.05) is 18.2 Å². The average Bonchev–Trinajstić information content (AvgIpc) is 3.13. The van der Waals surface area contributed by atoms with E-state index in [1.165, 1.54) is 0 Å². The Morgan fingerprint density at radius 2 is 1.89 bits per heavy atom. The maximum absolute atomic E-state index is 5.32. The van der Waals surface area contributed by atoms with Gasteiger partial charge in [-0.05, 0) is 43.7 Å².